The van der Waals surface area contributed by atoms with Crippen molar-refractivity contribution in [2.45, 2.75) is 6.92 Å². The first kappa shape index (κ1) is 19.1. The molecule has 25 heavy (non-hydrogen) atoms. The summed E-state index contributed by atoms with van der Waals surface area (Å²) in [4.78, 5) is 27.5. The SMILES string of the molecule is COC(=O)c1ncc(-c2ccc(C(=O)CS(C)(=O)=O)cc2C)cc1Cl. The number of pyridine rings is 1. The van der Waals surface area contributed by atoms with E-state index in [9.17, 15) is 18.0 Å². The van der Waals surface area contributed by atoms with E-state index >= 15 is 0 Å². The van der Waals surface area contributed by atoms with Gasteiger partial charge in [-0.2, -0.15) is 0 Å². The van der Waals surface area contributed by atoms with Gasteiger partial charge in [-0.15, -0.1) is 0 Å². The molecule has 0 aliphatic heterocycles. The average molecular weight is 382 g/mol. The van der Waals surface area contributed by atoms with Crippen molar-refractivity contribution >= 4 is 33.2 Å². The van der Waals surface area contributed by atoms with Gasteiger partial charge < -0.3 is 4.74 Å². The second-order valence-corrected chi connectivity index (χ2v) is 8.12. The first-order valence-electron chi connectivity index (χ1n) is 7.18. The average Bonchev–Trinajstić information content (AvgIpc) is 2.52. The molecule has 0 bridgehead atoms. The zero-order valence-corrected chi connectivity index (χ0v) is 15.4. The maximum atomic E-state index is 12.0. The third-order valence-corrected chi connectivity index (χ3v) is 4.55. The number of methoxy groups -OCH3 is 1. The molecule has 2 rings (SSSR count). The molecule has 132 valence electrons. The van der Waals surface area contributed by atoms with Gasteiger partial charge in [0, 0.05) is 23.6 Å². The van der Waals surface area contributed by atoms with Crippen LogP contribution >= 0.6 is 11.6 Å². The Hall–Kier alpha value is -2.25. The summed E-state index contributed by atoms with van der Waals surface area (Å²) in [5.74, 6) is -1.63. The molecule has 1 aromatic heterocycles. The minimum atomic E-state index is -3.39. The van der Waals surface area contributed by atoms with Crippen LogP contribution in [0.5, 0.6) is 0 Å². The normalized spacial score (nSPS) is 11.2. The van der Waals surface area contributed by atoms with Gasteiger partial charge >= 0.3 is 5.97 Å². The predicted octanol–water partition coefficient (Wildman–Crippen LogP) is 2.72. The molecule has 1 heterocycles. The highest BCUT2D eigenvalue weighted by Crippen LogP contribution is 2.27. The fourth-order valence-corrected chi connectivity index (χ4v) is 3.20. The minimum Gasteiger partial charge on any atom is -0.464 e. The van der Waals surface area contributed by atoms with Gasteiger partial charge in [0.15, 0.2) is 21.3 Å². The van der Waals surface area contributed by atoms with Gasteiger partial charge in [-0.1, -0.05) is 23.7 Å². The summed E-state index contributed by atoms with van der Waals surface area (Å²) in [5.41, 5.74) is 2.52. The maximum Gasteiger partial charge on any atom is 0.358 e. The largest absolute Gasteiger partial charge is 0.464 e. The summed E-state index contributed by atoms with van der Waals surface area (Å²) in [7, 11) is -2.15. The van der Waals surface area contributed by atoms with Crippen LogP contribution in [0, 0.1) is 6.92 Å². The molecule has 0 aliphatic rings. The van der Waals surface area contributed by atoms with Gasteiger partial charge in [0.25, 0.3) is 0 Å². The number of aryl methyl sites for hydroxylation is 1. The molecule has 0 aliphatic carbocycles. The van der Waals surface area contributed by atoms with E-state index < -0.39 is 27.3 Å². The van der Waals surface area contributed by atoms with E-state index in [0.717, 1.165) is 17.4 Å². The number of nitrogens with zero attached hydrogens (tertiary/aromatic N) is 1. The van der Waals surface area contributed by atoms with Crippen molar-refractivity contribution in [3.05, 3.63) is 52.3 Å². The molecule has 6 nitrogen and oxygen atoms in total. The Labute approximate surface area is 150 Å². The fraction of sp³-hybridized carbons (Fsp3) is 0.235. The van der Waals surface area contributed by atoms with Gasteiger partial charge in [0.2, 0.25) is 0 Å². The number of sulfone groups is 1. The van der Waals surface area contributed by atoms with Crippen molar-refractivity contribution in [3.8, 4) is 11.1 Å². The molecule has 0 N–H and O–H groups in total. The lowest BCUT2D eigenvalue weighted by atomic mass is 9.98. The van der Waals surface area contributed by atoms with Crippen LogP contribution in [0.4, 0.5) is 0 Å². The fourth-order valence-electron chi connectivity index (χ4n) is 2.31. The van der Waals surface area contributed by atoms with Crippen LogP contribution in [0.3, 0.4) is 0 Å². The number of hydrogen-bond acceptors (Lipinski definition) is 6. The molecule has 0 unspecified atom stereocenters. The second kappa shape index (κ2) is 7.33. The lowest BCUT2D eigenvalue weighted by molar-refractivity contribution is 0.0594. The number of rotatable bonds is 5. The molecule has 0 spiro atoms. The van der Waals surface area contributed by atoms with Crippen LogP contribution in [0.1, 0.15) is 26.4 Å². The van der Waals surface area contributed by atoms with E-state index in [0.29, 0.717) is 11.1 Å². The van der Waals surface area contributed by atoms with Crippen molar-refractivity contribution in [1.29, 1.82) is 0 Å². The summed E-state index contributed by atoms with van der Waals surface area (Å²) >= 11 is 6.08. The highest BCUT2D eigenvalue weighted by molar-refractivity contribution is 7.91. The number of esters is 1. The first-order chi connectivity index (χ1) is 11.6. The smallest absolute Gasteiger partial charge is 0.358 e. The number of hydrogen-bond donors (Lipinski definition) is 0. The Morgan fingerprint density at radius 2 is 1.92 bits per heavy atom. The van der Waals surface area contributed by atoms with Crippen LogP contribution < -0.4 is 0 Å². The van der Waals surface area contributed by atoms with Crippen molar-refractivity contribution in [2.75, 3.05) is 19.1 Å². The zero-order valence-electron chi connectivity index (χ0n) is 13.9. The molecule has 0 radical (unpaired) electrons. The number of carbonyl (C=O) groups excluding carboxylic acids is 2. The Kier molecular flexibility index (Phi) is 5.59. The van der Waals surface area contributed by atoms with E-state index in [1.54, 1.807) is 31.2 Å². The lowest BCUT2D eigenvalue weighted by Gasteiger charge is -2.10. The Bertz CT molecular complexity index is 954. The summed E-state index contributed by atoms with van der Waals surface area (Å²) < 4.78 is 27.1. The monoisotopic (exact) mass is 381 g/mol. The van der Waals surface area contributed by atoms with Gasteiger partial charge in [-0.3, -0.25) is 4.79 Å². The second-order valence-electron chi connectivity index (χ2n) is 5.57. The van der Waals surface area contributed by atoms with Crippen molar-refractivity contribution in [2.24, 2.45) is 0 Å². The van der Waals surface area contributed by atoms with E-state index in [1.807, 2.05) is 0 Å². The van der Waals surface area contributed by atoms with E-state index in [-0.39, 0.29) is 10.7 Å². The Morgan fingerprint density at radius 3 is 2.44 bits per heavy atom. The van der Waals surface area contributed by atoms with Gasteiger partial charge in [0.05, 0.1) is 12.1 Å². The summed E-state index contributed by atoms with van der Waals surface area (Å²) in [6.07, 6.45) is 2.50. The van der Waals surface area contributed by atoms with Crippen LogP contribution in [0.15, 0.2) is 30.5 Å². The van der Waals surface area contributed by atoms with Crippen LogP contribution in [-0.4, -0.2) is 44.3 Å². The Morgan fingerprint density at radius 1 is 1.24 bits per heavy atom. The molecule has 0 atom stereocenters. The molecule has 8 heteroatoms. The number of carbonyl (C=O) groups is 2. The summed E-state index contributed by atoms with van der Waals surface area (Å²) in [6, 6.07) is 6.44. The van der Waals surface area contributed by atoms with Crippen molar-refractivity contribution in [3.63, 3.8) is 0 Å². The highest BCUT2D eigenvalue weighted by Gasteiger charge is 2.16. The van der Waals surface area contributed by atoms with E-state index in [4.69, 9.17) is 11.6 Å². The number of ketones is 1. The highest BCUT2D eigenvalue weighted by atomic mass is 35.5. The lowest BCUT2D eigenvalue weighted by Crippen LogP contribution is -2.14. The molecule has 2 aromatic rings. The minimum absolute atomic E-state index is 0.0190. The third kappa shape index (κ3) is 4.64. The van der Waals surface area contributed by atoms with E-state index in [1.165, 1.54) is 13.3 Å². The van der Waals surface area contributed by atoms with Crippen LogP contribution in [0.2, 0.25) is 5.02 Å². The van der Waals surface area contributed by atoms with Gasteiger partial charge in [-0.05, 0) is 30.2 Å². The molecule has 0 amide bonds. The summed E-state index contributed by atoms with van der Waals surface area (Å²) in [5, 5.41) is 0.154. The topological polar surface area (TPSA) is 90.4 Å². The number of Topliss-reactive ketones (excluding diaryl/α,β-unsaturated/α-hetero) is 1. The summed E-state index contributed by atoms with van der Waals surface area (Å²) in [6.45, 7) is 1.79. The maximum absolute atomic E-state index is 12.0. The molecule has 0 saturated carbocycles. The quantitative estimate of drug-likeness (QED) is 0.584. The zero-order chi connectivity index (χ0) is 18.8. The number of ether oxygens (including phenoxy) is 1. The first-order valence-corrected chi connectivity index (χ1v) is 9.62. The molecular formula is C17H16ClNO5S. The third-order valence-electron chi connectivity index (χ3n) is 3.47. The number of aromatic nitrogens is 1. The van der Waals surface area contributed by atoms with Gasteiger partial charge in [0.1, 0.15) is 5.75 Å². The van der Waals surface area contributed by atoms with Crippen LogP contribution in [0.25, 0.3) is 11.1 Å². The number of benzene rings is 1. The van der Waals surface area contributed by atoms with Crippen molar-refractivity contribution < 1.29 is 22.7 Å². The molecule has 0 saturated heterocycles. The predicted molar refractivity (Wildman–Crippen MR) is 94.8 cm³/mol. The Balaban J connectivity index is 2.37. The van der Waals surface area contributed by atoms with Gasteiger partial charge in [-0.25, -0.2) is 18.2 Å². The van der Waals surface area contributed by atoms with E-state index in [2.05, 4.69) is 9.72 Å². The molecule has 0 fully saturated rings. The number of halogens is 1. The molecular weight excluding hydrogens is 366 g/mol. The molecule has 1 aromatic carbocycles. The standard InChI is InChI=1S/C17H16ClNO5S/c1-10-6-11(15(20)9-25(3,22)23)4-5-13(10)12-7-14(18)16(19-8-12)17(21)24-2/h4-8H,9H2,1-3H3. The van der Waals surface area contributed by atoms with Crippen LogP contribution in [-0.2, 0) is 14.6 Å². The van der Waals surface area contributed by atoms with Crippen molar-refractivity contribution in [1.82, 2.24) is 4.98 Å².